The zero-order valence-electron chi connectivity index (χ0n) is 14.0. The summed E-state index contributed by atoms with van der Waals surface area (Å²) in [6.07, 6.45) is 3.84. The first kappa shape index (κ1) is 17.2. The maximum atomic E-state index is 13.0. The molecule has 0 unspecified atom stereocenters. The lowest BCUT2D eigenvalue weighted by Gasteiger charge is -2.32. The van der Waals surface area contributed by atoms with Crippen LogP contribution in [0.5, 0.6) is 0 Å². The van der Waals surface area contributed by atoms with E-state index in [0.29, 0.717) is 12.5 Å². The molecule has 0 saturated carbocycles. The molecule has 0 atom stereocenters. The van der Waals surface area contributed by atoms with Crippen molar-refractivity contribution in [2.45, 2.75) is 19.3 Å². The van der Waals surface area contributed by atoms with Crippen LogP contribution in [0.4, 0.5) is 15.0 Å². The van der Waals surface area contributed by atoms with Crippen molar-refractivity contribution >= 4 is 11.9 Å². The van der Waals surface area contributed by atoms with Crippen LogP contribution in [0.25, 0.3) is 11.1 Å². The highest BCUT2D eigenvalue weighted by Crippen LogP contribution is 2.26. The Morgan fingerprint density at radius 3 is 2.44 bits per heavy atom. The summed E-state index contributed by atoms with van der Waals surface area (Å²) in [5.74, 6) is 1.27. The van der Waals surface area contributed by atoms with Crippen LogP contribution < -0.4 is 10.2 Å². The number of halogens is 1. The second kappa shape index (κ2) is 7.96. The van der Waals surface area contributed by atoms with E-state index in [0.717, 1.165) is 49.3 Å². The summed E-state index contributed by atoms with van der Waals surface area (Å²) < 4.78 is 13.0. The Balaban J connectivity index is 1.53. The number of amides is 1. The molecule has 2 heterocycles. The van der Waals surface area contributed by atoms with E-state index in [2.05, 4.69) is 15.2 Å². The number of anilines is 1. The van der Waals surface area contributed by atoms with Crippen LogP contribution in [-0.4, -0.2) is 35.8 Å². The van der Waals surface area contributed by atoms with Gasteiger partial charge in [-0.15, -0.1) is 0 Å². The molecule has 25 heavy (non-hydrogen) atoms. The van der Waals surface area contributed by atoms with Gasteiger partial charge in [0.1, 0.15) is 11.6 Å². The van der Waals surface area contributed by atoms with Crippen LogP contribution in [0.2, 0.25) is 0 Å². The molecule has 0 spiro atoms. The van der Waals surface area contributed by atoms with Gasteiger partial charge >= 0.3 is 6.09 Å². The van der Waals surface area contributed by atoms with Gasteiger partial charge in [0.25, 0.3) is 0 Å². The standard InChI is InChI=1S/C19H22FN3O2/c20-17-4-1-15(2-5-17)16-3-6-18(22-13-16)23-11-8-14(9-12-23)7-10-21-19(24)25/h1-6,13-14,21H,7-12H2,(H,24,25). The molecular formula is C19H22FN3O2. The maximum absolute atomic E-state index is 13.0. The number of carbonyl (C=O) groups is 1. The highest BCUT2D eigenvalue weighted by atomic mass is 19.1. The van der Waals surface area contributed by atoms with Crippen molar-refractivity contribution in [3.8, 4) is 11.1 Å². The minimum Gasteiger partial charge on any atom is -0.465 e. The van der Waals surface area contributed by atoms with Crippen LogP contribution in [-0.2, 0) is 0 Å². The van der Waals surface area contributed by atoms with E-state index in [-0.39, 0.29) is 5.82 Å². The van der Waals surface area contributed by atoms with E-state index in [4.69, 9.17) is 5.11 Å². The molecule has 1 aliphatic heterocycles. The molecule has 1 saturated heterocycles. The molecule has 132 valence electrons. The number of pyridine rings is 1. The van der Waals surface area contributed by atoms with Crippen molar-refractivity contribution in [3.05, 3.63) is 48.4 Å². The van der Waals surface area contributed by atoms with Crippen molar-refractivity contribution in [2.75, 3.05) is 24.5 Å². The van der Waals surface area contributed by atoms with E-state index in [9.17, 15) is 9.18 Å². The van der Waals surface area contributed by atoms with Crippen molar-refractivity contribution < 1.29 is 14.3 Å². The van der Waals surface area contributed by atoms with Crippen molar-refractivity contribution in [1.29, 1.82) is 0 Å². The van der Waals surface area contributed by atoms with Crippen LogP contribution in [0.1, 0.15) is 19.3 Å². The van der Waals surface area contributed by atoms with E-state index < -0.39 is 6.09 Å². The highest BCUT2D eigenvalue weighted by Gasteiger charge is 2.20. The fourth-order valence-electron chi connectivity index (χ4n) is 3.22. The third kappa shape index (κ3) is 4.68. The molecule has 0 bridgehead atoms. The molecule has 1 aliphatic rings. The third-order valence-electron chi connectivity index (χ3n) is 4.69. The Kier molecular flexibility index (Phi) is 5.48. The van der Waals surface area contributed by atoms with Gasteiger partial charge in [-0.25, -0.2) is 14.2 Å². The average Bonchev–Trinajstić information content (AvgIpc) is 2.63. The molecule has 1 aromatic heterocycles. The Labute approximate surface area is 146 Å². The van der Waals surface area contributed by atoms with Gasteiger partial charge < -0.3 is 15.3 Å². The summed E-state index contributed by atoms with van der Waals surface area (Å²) in [6, 6.07) is 10.4. The molecule has 1 amide bonds. The molecule has 1 aromatic carbocycles. The third-order valence-corrected chi connectivity index (χ3v) is 4.69. The summed E-state index contributed by atoms with van der Waals surface area (Å²) >= 11 is 0. The van der Waals surface area contributed by atoms with Crippen molar-refractivity contribution in [2.24, 2.45) is 5.92 Å². The first-order valence-electron chi connectivity index (χ1n) is 8.55. The van der Waals surface area contributed by atoms with Crippen LogP contribution >= 0.6 is 0 Å². The summed E-state index contributed by atoms with van der Waals surface area (Å²) in [4.78, 5) is 17.3. The van der Waals surface area contributed by atoms with Gasteiger partial charge in [0.2, 0.25) is 0 Å². The van der Waals surface area contributed by atoms with Gasteiger partial charge in [-0.3, -0.25) is 0 Å². The largest absolute Gasteiger partial charge is 0.465 e. The summed E-state index contributed by atoms with van der Waals surface area (Å²) in [5.41, 5.74) is 1.92. The summed E-state index contributed by atoms with van der Waals surface area (Å²) in [7, 11) is 0. The fourth-order valence-corrected chi connectivity index (χ4v) is 3.22. The zero-order chi connectivity index (χ0) is 17.6. The van der Waals surface area contributed by atoms with E-state index in [1.807, 2.05) is 18.3 Å². The predicted molar refractivity (Wildman–Crippen MR) is 95.2 cm³/mol. The lowest BCUT2D eigenvalue weighted by atomic mass is 9.93. The average molecular weight is 343 g/mol. The minimum atomic E-state index is -0.956. The summed E-state index contributed by atoms with van der Waals surface area (Å²) in [6.45, 7) is 2.38. The molecule has 6 heteroatoms. The Hall–Kier alpha value is -2.63. The van der Waals surface area contributed by atoms with Gasteiger partial charge in [0.05, 0.1) is 0 Å². The molecule has 2 aromatic rings. The molecular weight excluding hydrogens is 321 g/mol. The number of carboxylic acid groups (broad SMARTS) is 1. The number of nitrogens with zero attached hydrogens (tertiary/aromatic N) is 2. The van der Waals surface area contributed by atoms with Crippen molar-refractivity contribution in [1.82, 2.24) is 10.3 Å². The quantitative estimate of drug-likeness (QED) is 0.867. The lowest BCUT2D eigenvalue weighted by molar-refractivity contribution is 0.193. The van der Waals surface area contributed by atoms with Crippen molar-refractivity contribution in [3.63, 3.8) is 0 Å². The van der Waals surface area contributed by atoms with Gasteiger partial charge in [-0.05, 0) is 55.0 Å². The normalized spacial score (nSPS) is 15.2. The number of hydrogen-bond acceptors (Lipinski definition) is 3. The molecule has 3 rings (SSSR count). The number of rotatable bonds is 5. The molecule has 2 N–H and O–H groups in total. The van der Waals surface area contributed by atoms with Crippen LogP contribution in [0.15, 0.2) is 42.6 Å². The lowest BCUT2D eigenvalue weighted by Crippen LogP contribution is -2.35. The predicted octanol–water partition coefficient (Wildman–Crippen LogP) is 3.76. The van der Waals surface area contributed by atoms with Gasteiger partial charge in [-0.2, -0.15) is 0 Å². The van der Waals surface area contributed by atoms with Crippen LogP contribution in [0, 0.1) is 11.7 Å². The first-order chi connectivity index (χ1) is 12.1. The molecule has 1 fully saturated rings. The molecule has 0 radical (unpaired) electrons. The second-order valence-corrected chi connectivity index (χ2v) is 6.36. The van der Waals surface area contributed by atoms with E-state index in [1.165, 1.54) is 12.1 Å². The number of nitrogens with one attached hydrogen (secondary N) is 1. The highest BCUT2D eigenvalue weighted by molar-refractivity contribution is 5.64. The Morgan fingerprint density at radius 2 is 1.84 bits per heavy atom. The SMILES string of the molecule is O=C(O)NCCC1CCN(c2ccc(-c3ccc(F)cc3)cn2)CC1. The van der Waals surface area contributed by atoms with Gasteiger partial charge in [0.15, 0.2) is 0 Å². The maximum Gasteiger partial charge on any atom is 0.404 e. The van der Waals surface area contributed by atoms with Crippen LogP contribution in [0.3, 0.4) is 0 Å². The first-order valence-corrected chi connectivity index (χ1v) is 8.55. The topological polar surface area (TPSA) is 65.5 Å². The van der Waals surface area contributed by atoms with E-state index in [1.54, 1.807) is 12.1 Å². The summed E-state index contributed by atoms with van der Waals surface area (Å²) in [5, 5.41) is 11.0. The zero-order valence-corrected chi connectivity index (χ0v) is 14.0. The number of piperidine rings is 1. The monoisotopic (exact) mass is 343 g/mol. The number of hydrogen-bond donors (Lipinski definition) is 2. The number of benzene rings is 1. The fraction of sp³-hybridized carbons (Fsp3) is 0.368. The smallest absolute Gasteiger partial charge is 0.404 e. The van der Waals surface area contributed by atoms with Gasteiger partial charge in [-0.1, -0.05) is 12.1 Å². The van der Waals surface area contributed by atoms with Gasteiger partial charge in [0, 0.05) is 31.4 Å². The molecule has 0 aliphatic carbocycles. The Morgan fingerprint density at radius 1 is 1.16 bits per heavy atom. The second-order valence-electron chi connectivity index (χ2n) is 6.36. The van der Waals surface area contributed by atoms with E-state index >= 15 is 0 Å². The Bertz CT molecular complexity index is 696. The number of aromatic nitrogens is 1. The molecule has 5 nitrogen and oxygen atoms in total. The minimum absolute atomic E-state index is 0.241.